The fourth-order valence-electron chi connectivity index (χ4n) is 0.648. The van der Waals surface area contributed by atoms with E-state index in [0.717, 1.165) is 0 Å². The maximum Gasteiger partial charge on any atom is 0.316 e. The molecule has 0 heterocycles. The molecule has 0 N–H and O–H groups in total. The zero-order chi connectivity index (χ0) is 11.2. The van der Waals surface area contributed by atoms with Gasteiger partial charge in [0.2, 0.25) is 4.38 Å². The van der Waals surface area contributed by atoms with Crippen LogP contribution >= 0.6 is 24.0 Å². The Morgan fingerprint density at radius 2 is 2.00 bits per heavy atom. The van der Waals surface area contributed by atoms with Crippen LogP contribution in [0.5, 0.6) is 0 Å². The second-order valence-electron chi connectivity index (χ2n) is 3.56. The van der Waals surface area contributed by atoms with E-state index in [-0.39, 0.29) is 11.7 Å². The summed E-state index contributed by atoms with van der Waals surface area (Å²) < 4.78 is 10.5. The molecule has 0 aromatic carbocycles. The Labute approximate surface area is 94.5 Å². The molecule has 0 unspecified atom stereocenters. The van der Waals surface area contributed by atoms with E-state index in [1.54, 1.807) is 0 Å². The molecule has 82 valence electrons. The van der Waals surface area contributed by atoms with Crippen molar-refractivity contribution in [3.8, 4) is 0 Å². The summed E-state index contributed by atoms with van der Waals surface area (Å²) in [5.41, 5.74) is -0.440. The Kier molecular flexibility index (Phi) is 6.11. The Morgan fingerprint density at radius 3 is 2.43 bits per heavy atom. The molecular formula is C9H16O3S2. The first-order valence-corrected chi connectivity index (χ1v) is 5.76. The van der Waals surface area contributed by atoms with E-state index in [0.29, 0.717) is 11.0 Å². The minimum atomic E-state index is -0.440. The van der Waals surface area contributed by atoms with Gasteiger partial charge in [0.1, 0.15) is 5.60 Å². The maximum atomic E-state index is 11.2. The third-order valence-electron chi connectivity index (χ3n) is 0.990. The highest BCUT2D eigenvalue weighted by Gasteiger charge is 2.16. The molecule has 0 aliphatic heterocycles. The average molecular weight is 236 g/mol. The van der Waals surface area contributed by atoms with Crippen LogP contribution in [0.25, 0.3) is 0 Å². The first-order valence-electron chi connectivity index (χ1n) is 4.36. The average Bonchev–Trinajstić information content (AvgIpc) is 1.98. The summed E-state index contributed by atoms with van der Waals surface area (Å²) in [5, 5.41) is 0. The molecule has 0 aliphatic carbocycles. The molecule has 0 radical (unpaired) electrons. The zero-order valence-electron chi connectivity index (χ0n) is 8.96. The van der Waals surface area contributed by atoms with Crippen LogP contribution in [-0.4, -0.2) is 28.3 Å². The van der Waals surface area contributed by atoms with E-state index in [1.807, 2.05) is 27.7 Å². The van der Waals surface area contributed by atoms with Crippen LogP contribution in [0.3, 0.4) is 0 Å². The highest BCUT2D eigenvalue weighted by molar-refractivity contribution is 8.23. The van der Waals surface area contributed by atoms with Crippen LogP contribution in [0.1, 0.15) is 27.7 Å². The van der Waals surface area contributed by atoms with Crippen LogP contribution in [0.4, 0.5) is 0 Å². The van der Waals surface area contributed by atoms with Gasteiger partial charge in [-0.2, -0.15) is 0 Å². The highest BCUT2D eigenvalue weighted by atomic mass is 32.2. The van der Waals surface area contributed by atoms with E-state index in [4.69, 9.17) is 21.7 Å². The maximum absolute atomic E-state index is 11.2. The van der Waals surface area contributed by atoms with Crippen LogP contribution < -0.4 is 0 Å². The number of hydrogen-bond acceptors (Lipinski definition) is 5. The minimum Gasteiger partial charge on any atom is -0.479 e. The van der Waals surface area contributed by atoms with Crippen molar-refractivity contribution < 1.29 is 14.3 Å². The van der Waals surface area contributed by atoms with Gasteiger partial charge in [0, 0.05) is 0 Å². The lowest BCUT2D eigenvalue weighted by molar-refractivity contribution is -0.151. The molecule has 0 aliphatic rings. The van der Waals surface area contributed by atoms with Crippen LogP contribution in [0, 0.1) is 0 Å². The second kappa shape index (κ2) is 6.24. The van der Waals surface area contributed by atoms with Crippen LogP contribution in [0.2, 0.25) is 0 Å². The number of thiocarbonyl (C=S) groups is 1. The standard InChI is InChI=1S/C9H16O3S2/c1-5-11-8(13)14-6-7(10)12-9(2,3)4/h5-6H2,1-4H3. The van der Waals surface area contributed by atoms with Crippen molar-refractivity contribution in [2.45, 2.75) is 33.3 Å². The van der Waals surface area contributed by atoms with E-state index in [9.17, 15) is 4.79 Å². The van der Waals surface area contributed by atoms with Crippen LogP contribution in [0.15, 0.2) is 0 Å². The summed E-state index contributed by atoms with van der Waals surface area (Å²) >= 11 is 6.03. The van der Waals surface area contributed by atoms with E-state index in [1.165, 1.54) is 11.8 Å². The van der Waals surface area contributed by atoms with Gasteiger partial charge < -0.3 is 9.47 Å². The van der Waals surface area contributed by atoms with Crippen molar-refractivity contribution in [3.63, 3.8) is 0 Å². The molecule has 0 spiro atoms. The molecule has 0 rings (SSSR count). The molecular weight excluding hydrogens is 220 g/mol. The molecule has 0 saturated heterocycles. The van der Waals surface area contributed by atoms with Gasteiger partial charge in [-0.05, 0) is 39.9 Å². The second-order valence-corrected chi connectivity index (χ2v) is 5.14. The molecule has 14 heavy (non-hydrogen) atoms. The summed E-state index contributed by atoms with van der Waals surface area (Å²) in [7, 11) is 0. The molecule has 0 saturated carbocycles. The van der Waals surface area contributed by atoms with Gasteiger partial charge in [-0.1, -0.05) is 11.8 Å². The normalized spacial score (nSPS) is 10.9. The van der Waals surface area contributed by atoms with Gasteiger partial charge in [0.05, 0.1) is 12.4 Å². The molecule has 0 bridgehead atoms. The number of rotatable bonds is 3. The lowest BCUT2D eigenvalue weighted by atomic mass is 10.2. The number of carbonyl (C=O) groups is 1. The summed E-state index contributed by atoms with van der Waals surface area (Å²) in [6.45, 7) is 7.86. The Hall–Kier alpha value is -0.290. The fraction of sp³-hybridized carbons (Fsp3) is 0.778. The monoisotopic (exact) mass is 236 g/mol. The van der Waals surface area contributed by atoms with Crippen molar-refractivity contribution >= 4 is 34.3 Å². The Morgan fingerprint density at radius 1 is 1.43 bits per heavy atom. The number of carbonyl (C=O) groups excluding carboxylic acids is 1. The molecule has 0 fully saturated rings. The number of hydrogen-bond donors (Lipinski definition) is 0. The van der Waals surface area contributed by atoms with Crippen molar-refractivity contribution in [3.05, 3.63) is 0 Å². The van der Waals surface area contributed by atoms with Crippen molar-refractivity contribution in [1.82, 2.24) is 0 Å². The third-order valence-corrected chi connectivity index (χ3v) is 2.20. The van der Waals surface area contributed by atoms with E-state index < -0.39 is 5.60 Å². The van der Waals surface area contributed by atoms with Gasteiger partial charge in [-0.3, -0.25) is 4.79 Å². The minimum absolute atomic E-state index is 0.204. The topological polar surface area (TPSA) is 35.5 Å². The largest absolute Gasteiger partial charge is 0.479 e. The third kappa shape index (κ3) is 8.31. The number of esters is 1. The number of ether oxygens (including phenoxy) is 2. The predicted octanol–water partition coefficient (Wildman–Crippen LogP) is 2.38. The summed E-state index contributed by atoms with van der Waals surface area (Å²) in [6, 6.07) is 0. The number of thioether (sulfide) groups is 1. The van der Waals surface area contributed by atoms with Crippen molar-refractivity contribution in [2.75, 3.05) is 12.4 Å². The van der Waals surface area contributed by atoms with Gasteiger partial charge in [-0.15, -0.1) is 0 Å². The van der Waals surface area contributed by atoms with Gasteiger partial charge in [0.15, 0.2) is 0 Å². The summed E-state index contributed by atoms with van der Waals surface area (Å²) in [6.07, 6.45) is 0. The van der Waals surface area contributed by atoms with Gasteiger partial charge >= 0.3 is 5.97 Å². The SMILES string of the molecule is CCOC(=S)SCC(=O)OC(C)(C)C. The Bertz CT molecular complexity index is 209. The Balaban J connectivity index is 3.70. The van der Waals surface area contributed by atoms with Crippen LogP contribution in [-0.2, 0) is 14.3 Å². The first-order chi connectivity index (χ1) is 6.35. The van der Waals surface area contributed by atoms with E-state index >= 15 is 0 Å². The quantitative estimate of drug-likeness (QED) is 0.555. The predicted molar refractivity (Wildman–Crippen MR) is 62.5 cm³/mol. The molecule has 0 aromatic heterocycles. The summed E-state index contributed by atoms with van der Waals surface area (Å²) in [5.74, 6) is -0.0691. The molecule has 0 atom stereocenters. The lowest BCUT2D eigenvalue weighted by Gasteiger charge is -2.19. The summed E-state index contributed by atoms with van der Waals surface area (Å²) in [4.78, 5) is 11.2. The first kappa shape index (κ1) is 13.7. The molecule has 0 amide bonds. The molecule has 3 nitrogen and oxygen atoms in total. The lowest BCUT2D eigenvalue weighted by Crippen LogP contribution is -2.25. The highest BCUT2D eigenvalue weighted by Crippen LogP contribution is 2.11. The molecule has 5 heteroatoms. The smallest absolute Gasteiger partial charge is 0.316 e. The zero-order valence-corrected chi connectivity index (χ0v) is 10.6. The fourth-order valence-corrected chi connectivity index (χ4v) is 1.44. The van der Waals surface area contributed by atoms with E-state index in [2.05, 4.69) is 0 Å². The van der Waals surface area contributed by atoms with Gasteiger partial charge in [0.25, 0.3) is 0 Å². The molecule has 0 aromatic rings. The van der Waals surface area contributed by atoms with Crippen molar-refractivity contribution in [2.24, 2.45) is 0 Å². The van der Waals surface area contributed by atoms with Gasteiger partial charge in [-0.25, -0.2) is 0 Å². The van der Waals surface area contributed by atoms with Crippen molar-refractivity contribution in [1.29, 1.82) is 0 Å².